The van der Waals surface area contributed by atoms with Gasteiger partial charge in [0.15, 0.2) is 5.16 Å². The first-order valence-corrected chi connectivity index (χ1v) is 8.58. The van der Waals surface area contributed by atoms with Crippen LogP contribution in [0.3, 0.4) is 0 Å². The van der Waals surface area contributed by atoms with Crippen molar-refractivity contribution in [3.05, 3.63) is 72.3 Å². The Kier molecular flexibility index (Phi) is 5.69. The standard InChI is InChI=1S/C18H15FN4OS/c19-14-6-4-13(5-7-14)11-22-17(24)12-25-18-21-10-8-16(23-18)15-3-1-2-9-20-15/h1-10H,11-12H2,(H,22,24). The van der Waals surface area contributed by atoms with Crippen LogP contribution in [0.1, 0.15) is 5.56 Å². The maximum Gasteiger partial charge on any atom is 0.230 e. The van der Waals surface area contributed by atoms with Crippen LogP contribution in [0.2, 0.25) is 0 Å². The highest BCUT2D eigenvalue weighted by atomic mass is 32.2. The van der Waals surface area contributed by atoms with Crippen LogP contribution in [0.5, 0.6) is 0 Å². The maximum absolute atomic E-state index is 12.8. The molecule has 2 aromatic heterocycles. The van der Waals surface area contributed by atoms with E-state index in [1.165, 1.54) is 23.9 Å². The van der Waals surface area contributed by atoms with E-state index in [2.05, 4.69) is 20.3 Å². The molecule has 1 amide bonds. The van der Waals surface area contributed by atoms with Crippen molar-refractivity contribution >= 4 is 17.7 Å². The minimum Gasteiger partial charge on any atom is -0.351 e. The summed E-state index contributed by atoms with van der Waals surface area (Å²) < 4.78 is 12.8. The topological polar surface area (TPSA) is 67.8 Å². The number of amides is 1. The maximum atomic E-state index is 12.8. The fraction of sp³-hybridized carbons (Fsp3) is 0.111. The van der Waals surface area contributed by atoms with Crippen molar-refractivity contribution < 1.29 is 9.18 Å². The predicted molar refractivity (Wildman–Crippen MR) is 94.2 cm³/mol. The normalized spacial score (nSPS) is 10.4. The number of carbonyl (C=O) groups is 1. The van der Waals surface area contributed by atoms with Gasteiger partial charge >= 0.3 is 0 Å². The molecular formula is C18H15FN4OS. The zero-order valence-corrected chi connectivity index (χ0v) is 14.0. The molecule has 0 aliphatic rings. The number of hydrogen-bond acceptors (Lipinski definition) is 5. The molecule has 2 heterocycles. The minimum absolute atomic E-state index is 0.138. The molecule has 0 spiro atoms. The lowest BCUT2D eigenvalue weighted by molar-refractivity contribution is -0.118. The van der Waals surface area contributed by atoms with E-state index in [4.69, 9.17) is 0 Å². The Morgan fingerprint density at radius 1 is 1.00 bits per heavy atom. The third kappa shape index (κ3) is 5.09. The molecule has 0 saturated heterocycles. The minimum atomic E-state index is -0.296. The molecule has 0 atom stereocenters. The van der Waals surface area contributed by atoms with E-state index in [9.17, 15) is 9.18 Å². The highest BCUT2D eigenvalue weighted by molar-refractivity contribution is 7.99. The molecule has 5 nitrogen and oxygen atoms in total. The summed E-state index contributed by atoms with van der Waals surface area (Å²) in [5, 5.41) is 3.30. The molecule has 0 saturated carbocycles. The van der Waals surface area contributed by atoms with Crippen LogP contribution in [-0.2, 0) is 11.3 Å². The van der Waals surface area contributed by atoms with Crippen LogP contribution in [0.25, 0.3) is 11.4 Å². The van der Waals surface area contributed by atoms with Gasteiger partial charge in [0.1, 0.15) is 5.82 Å². The first kappa shape index (κ1) is 17.0. The second kappa shape index (κ2) is 8.34. The lowest BCUT2D eigenvalue weighted by Gasteiger charge is -2.05. The summed E-state index contributed by atoms with van der Waals surface area (Å²) in [5.74, 6) is -0.232. The molecular weight excluding hydrogens is 339 g/mol. The molecule has 0 aliphatic carbocycles. The molecule has 3 rings (SSSR count). The molecule has 0 fully saturated rings. The van der Waals surface area contributed by atoms with Crippen LogP contribution in [-0.4, -0.2) is 26.6 Å². The van der Waals surface area contributed by atoms with E-state index >= 15 is 0 Å². The zero-order valence-electron chi connectivity index (χ0n) is 13.2. The summed E-state index contributed by atoms with van der Waals surface area (Å²) in [6, 6.07) is 13.4. The molecule has 0 radical (unpaired) electrons. The van der Waals surface area contributed by atoms with Gasteiger partial charge < -0.3 is 5.32 Å². The van der Waals surface area contributed by atoms with E-state index in [1.807, 2.05) is 18.2 Å². The van der Waals surface area contributed by atoms with E-state index in [-0.39, 0.29) is 17.5 Å². The Morgan fingerprint density at radius 3 is 2.60 bits per heavy atom. The fourth-order valence-corrected chi connectivity index (χ4v) is 2.71. The van der Waals surface area contributed by atoms with Gasteiger partial charge in [0.25, 0.3) is 0 Å². The van der Waals surface area contributed by atoms with Crippen LogP contribution < -0.4 is 5.32 Å². The highest BCUT2D eigenvalue weighted by Crippen LogP contribution is 2.18. The Hall–Kier alpha value is -2.80. The lowest BCUT2D eigenvalue weighted by atomic mass is 10.2. The third-order valence-electron chi connectivity index (χ3n) is 3.30. The smallest absolute Gasteiger partial charge is 0.230 e. The molecule has 3 aromatic rings. The number of nitrogens with one attached hydrogen (secondary N) is 1. The largest absolute Gasteiger partial charge is 0.351 e. The van der Waals surface area contributed by atoms with Gasteiger partial charge in [-0.2, -0.15) is 0 Å². The number of nitrogens with zero attached hydrogens (tertiary/aromatic N) is 3. The summed E-state index contributed by atoms with van der Waals surface area (Å²) >= 11 is 1.25. The Morgan fingerprint density at radius 2 is 1.84 bits per heavy atom. The third-order valence-corrected chi connectivity index (χ3v) is 4.16. The van der Waals surface area contributed by atoms with Gasteiger partial charge in [0.2, 0.25) is 5.91 Å². The van der Waals surface area contributed by atoms with E-state index in [0.29, 0.717) is 17.4 Å². The Bertz CT molecular complexity index is 843. The van der Waals surface area contributed by atoms with E-state index < -0.39 is 0 Å². The number of thioether (sulfide) groups is 1. The van der Waals surface area contributed by atoms with Crippen molar-refractivity contribution in [3.8, 4) is 11.4 Å². The zero-order chi connectivity index (χ0) is 17.5. The highest BCUT2D eigenvalue weighted by Gasteiger charge is 2.07. The Labute approximate surface area is 148 Å². The van der Waals surface area contributed by atoms with Crippen molar-refractivity contribution in [2.75, 3.05) is 5.75 Å². The first-order chi connectivity index (χ1) is 12.2. The number of hydrogen-bond donors (Lipinski definition) is 1. The van der Waals surface area contributed by atoms with Crippen LogP contribution in [0.15, 0.2) is 66.1 Å². The quantitative estimate of drug-likeness (QED) is 0.544. The Balaban J connectivity index is 1.53. The van der Waals surface area contributed by atoms with Gasteiger partial charge in [0, 0.05) is 18.9 Å². The first-order valence-electron chi connectivity index (χ1n) is 7.59. The average Bonchev–Trinajstić information content (AvgIpc) is 2.67. The second-order valence-electron chi connectivity index (χ2n) is 5.13. The second-order valence-corrected chi connectivity index (χ2v) is 6.07. The van der Waals surface area contributed by atoms with Crippen LogP contribution in [0.4, 0.5) is 4.39 Å². The van der Waals surface area contributed by atoms with Gasteiger partial charge in [-0.05, 0) is 35.9 Å². The van der Waals surface area contributed by atoms with Crippen LogP contribution >= 0.6 is 11.8 Å². The van der Waals surface area contributed by atoms with Crippen LogP contribution in [0, 0.1) is 5.82 Å². The predicted octanol–water partition coefficient (Wildman–Crippen LogP) is 3.09. The number of rotatable bonds is 6. The molecule has 7 heteroatoms. The molecule has 0 aliphatic heterocycles. The van der Waals surface area contributed by atoms with Crippen molar-refractivity contribution in [1.29, 1.82) is 0 Å². The number of pyridine rings is 1. The van der Waals surface area contributed by atoms with Gasteiger partial charge in [0.05, 0.1) is 17.1 Å². The summed E-state index contributed by atoms with van der Waals surface area (Å²) in [5.41, 5.74) is 2.31. The van der Waals surface area contributed by atoms with Crippen molar-refractivity contribution in [2.24, 2.45) is 0 Å². The van der Waals surface area contributed by atoms with Crippen molar-refractivity contribution in [2.45, 2.75) is 11.7 Å². The van der Waals surface area contributed by atoms with E-state index in [1.54, 1.807) is 30.6 Å². The number of carbonyl (C=O) groups excluding carboxylic acids is 1. The lowest BCUT2D eigenvalue weighted by Crippen LogP contribution is -2.24. The summed E-state index contributed by atoms with van der Waals surface area (Å²) in [4.78, 5) is 24.8. The van der Waals surface area contributed by atoms with E-state index in [0.717, 1.165) is 11.3 Å². The van der Waals surface area contributed by atoms with Gasteiger partial charge in [-0.25, -0.2) is 14.4 Å². The summed E-state index contributed by atoms with van der Waals surface area (Å²) in [7, 11) is 0. The summed E-state index contributed by atoms with van der Waals surface area (Å²) in [6.45, 7) is 0.356. The number of halogens is 1. The SMILES string of the molecule is O=C(CSc1nccc(-c2ccccn2)n1)NCc1ccc(F)cc1. The number of benzene rings is 1. The van der Waals surface area contributed by atoms with Gasteiger partial charge in [-0.3, -0.25) is 9.78 Å². The van der Waals surface area contributed by atoms with Crippen molar-refractivity contribution in [3.63, 3.8) is 0 Å². The van der Waals surface area contributed by atoms with Crippen molar-refractivity contribution in [1.82, 2.24) is 20.3 Å². The molecule has 25 heavy (non-hydrogen) atoms. The monoisotopic (exact) mass is 354 g/mol. The average molecular weight is 354 g/mol. The molecule has 1 N–H and O–H groups in total. The summed E-state index contributed by atoms with van der Waals surface area (Å²) in [6.07, 6.45) is 3.35. The van der Waals surface area contributed by atoms with Gasteiger partial charge in [-0.15, -0.1) is 0 Å². The molecule has 0 bridgehead atoms. The fourth-order valence-electron chi connectivity index (χ4n) is 2.05. The van der Waals surface area contributed by atoms with Gasteiger partial charge in [-0.1, -0.05) is 30.0 Å². The number of aromatic nitrogens is 3. The molecule has 1 aromatic carbocycles. The molecule has 126 valence electrons. The molecule has 0 unspecified atom stereocenters.